The van der Waals surface area contributed by atoms with Crippen LogP contribution in [0, 0.1) is 11.8 Å². The van der Waals surface area contributed by atoms with Crippen molar-refractivity contribution in [2.75, 3.05) is 26.2 Å². The van der Waals surface area contributed by atoms with Crippen molar-refractivity contribution in [1.29, 1.82) is 0 Å². The van der Waals surface area contributed by atoms with Gasteiger partial charge in [-0.05, 0) is 41.5 Å². The summed E-state index contributed by atoms with van der Waals surface area (Å²) in [6.45, 7) is 10.6. The zero-order valence-electron chi connectivity index (χ0n) is 19.5. The highest BCUT2D eigenvalue weighted by Gasteiger charge is 2.40. The Morgan fingerprint density at radius 2 is 1.00 bits per heavy atom. The number of nitrogens with zero attached hydrogens (tertiary/aromatic N) is 2. The van der Waals surface area contributed by atoms with Crippen LogP contribution in [0.1, 0.15) is 41.5 Å². The summed E-state index contributed by atoms with van der Waals surface area (Å²) in [6.07, 6.45) is -6.15. The van der Waals surface area contributed by atoms with Crippen LogP contribution in [0.25, 0.3) is 0 Å². The second-order valence-corrected chi connectivity index (χ2v) is 10.1. The molecule has 4 atom stereocenters. The van der Waals surface area contributed by atoms with Gasteiger partial charge in [-0.15, -0.1) is 0 Å². The maximum Gasteiger partial charge on any atom is 0.410 e. The van der Waals surface area contributed by atoms with Crippen LogP contribution < -0.4 is 11.5 Å². The Morgan fingerprint density at radius 1 is 0.719 bits per heavy atom. The largest absolute Gasteiger partial charge is 0.444 e. The average Bonchev–Trinajstić information content (AvgIpc) is 3.15. The lowest BCUT2D eigenvalue weighted by molar-refractivity contribution is 0.0241. The molecular weight excluding hydrogens is 436 g/mol. The van der Waals surface area contributed by atoms with E-state index in [-0.39, 0.29) is 26.2 Å². The number of rotatable bonds is 2. The minimum absolute atomic E-state index is 0.0340. The highest BCUT2D eigenvalue weighted by atomic mass is 19.3. The molecule has 2 fully saturated rings. The summed E-state index contributed by atoms with van der Waals surface area (Å²) < 4.78 is 60.2. The van der Waals surface area contributed by atoms with Crippen LogP contribution in [0.3, 0.4) is 0 Å². The number of hydrogen-bond acceptors (Lipinski definition) is 6. The number of carbonyl (C=O) groups excluding carboxylic acids is 2. The van der Waals surface area contributed by atoms with Crippen molar-refractivity contribution in [2.24, 2.45) is 23.3 Å². The van der Waals surface area contributed by atoms with E-state index in [9.17, 15) is 27.2 Å². The molecule has 12 heteroatoms. The van der Waals surface area contributed by atoms with Crippen molar-refractivity contribution in [3.8, 4) is 0 Å². The van der Waals surface area contributed by atoms with E-state index in [0.29, 0.717) is 0 Å². The van der Waals surface area contributed by atoms with Crippen molar-refractivity contribution in [3.05, 3.63) is 0 Å². The van der Waals surface area contributed by atoms with Gasteiger partial charge in [0, 0.05) is 38.3 Å². The Morgan fingerprint density at radius 3 is 1.19 bits per heavy atom. The molecule has 0 spiro atoms. The molecule has 0 radical (unpaired) electrons. The fourth-order valence-corrected chi connectivity index (χ4v) is 3.19. The van der Waals surface area contributed by atoms with Gasteiger partial charge in [0.1, 0.15) is 11.2 Å². The van der Waals surface area contributed by atoms with Gasteiger partial charge >= 0.3 is 12.2 Å². The highest BCUT2D eigenvalue weighted by molar-refractivity contribution is 5.69. The molecule has 0 saturated carbocycles. The molecule has 0 aromatic heterocycles. The van der Waals surface area contributed by atoms with Gasteiger partial charge in [-0.1, -0.05) is 0 Å². The first-order valence-electron chi connectivity index (χ1n) is 10.4. The molecule has 2 amide bonds. The second kappa shape index (κ2) is 10.9. The number of amides is 2. The number of nitrogens with two attached hydrogens (primary N) is 2. The molecule has 0 unspecified atom stereocenters. The molecule has 188 valence electrons. The first kappa shape index (κ1) is 28.2. The predicted octanol–water partition coefficient (Wildman–Crippen LogP) is 2.89. The van der Waals surface area contributed by atoms with Gasteiger partial charge in [0.15, 0.2) is 0 Å². The number of ether oxygens (including phenoxy) is 2. The number of halogens is 4. The quantitative estimate of drug-likeness (QED) is 0.598. The van der Waals surface area contributed by atoms with E-state index in [2.05, 4.69) is 0 Å². The molecule has 2 aliphatic rings. The molecule has 2 aliphatic heterocycles. The molecular formula is C20H36F4N4O4. The normalized spacial score (nSPS) is 26.3. The summed E-state index contributed by atoms with van der Waals surface area (Å²) in [5.74, 6) is -1.90. The van der Waals surface area contributed by atoms with Crippen LogP contribution in [0.5, 0.6) is 0 Å². The van der Waals surface area contributed by atoms with Crippen LogP contribution in [0.2, 0.25) is 0 Å². The van der Waals surface area contributed by atoms with Gasteiger partial charge < -0.3 is 30.7 Å². The Balaban J connectivity index is 0.000000320. The van der Waals surface area contributed by atoms with Gasteiger partial charge in [0.25, 0.3) is 0 Å². The van der Waals surface area contributed by atoms with E-state index in [4.69, 9.17) is 20.9 Å². The monoisotopic (exact) mass is 472 g/mol. The zero-order chi connectivity index (χ0) is 25.0. The number of carbonyl (C=O) groups is 2. The van der Waals surface area contributed by atoms with Crippen molar-refractivity contribution in [3.63, 3.8) is 0 Å². The highest BCUT2D eigenvalue weighted by Crippen LogP contribution is 2.24. The van der Waals surface area contributed by atoms with Crippen LogP contribution in [0.15, 0.2) is 0 Å². The molecule has 2 saturated heterocycles. The minimum atomic E-state index is -2.50. The van der Waals surface area contributed by atoms with Gasteiger partial charge in [-0.25, -0.2) is 27.2 Å². The van der Waals surface area contributed by atoms with Crippen LogP contribution in [-0.2, 0) is 9.47 Å². The standard InChI is InChI=1S/2C10H18F2N2O2/c2*1-10(2,3)16-9(15)14-4-6(8(11)12)7(13)5-14/h2*6-8H,4-5,13H2,1-3H3/t2*6-,7-/m10/s1. The predicted molar refractivity (Wildman–Crippen MR) is 111 cm³/mol. The van der Waals surface area contributed by atoms with Gasteiger partial charge in [0.2, 0.25) is 12.9 Å². The van der Waals surface area contributed by atoms with Crippen LogP contribution in [-0.4, -0.2) is 84.3 Å². The molecule has 0 aromatic rings. The topological polar surface area (TPSA) is 111 Å². The van der Waals surface area contributed by atoms with E-state index in [0.717, 1.165) is 0 Å². The molecule has 0 aromatic carbocycles. The third-order valence-electron chi connectivity index (χ3n) is 4.78. The Labute approximate surface area is 186 Å². The van der Waals surface area contributed by atoms with Gasteiger partial charge in [0.05, 0.1) is 11.8 Å². The zero-order valence-corrected chi connectivity index (χ0v) is 19.5. The molecule has 2 rings (SSSR count). The summed E-state index contributed by atoms with van der Waals surface area (Å²) in [5, 5.41) is 0. The van der Waals surface area contributed by atoms with E-state index >= 15 is 0 Å². The molecule has 4 N–H and O–H groups in total. The Bertz CT molecular complexity index is 586. The second-order valence-electron chi connectivity index (χ2n) is 10.1. The summed E-state index contributed by atoms with van der Waals surface area (Å²) in [5.41, 5.74) is 9.84. The van der Waals surface area contributed by atoms with Gasteiger partial charge in [-0.2, -0.15) is 0 Å². The maximum absolute atomic E-state index is 12.5. The third-order valence-corrected chi connectivity index (χ3v) is 4.78. The summed E-state index contributed by atoms with van der Waals surface area (Å²) >= 11 is 0. The first-order valence-corrected chi connectivity index (χ1v) is 10.4. The van der Waals surface area contributed by atoms with Crippen molar-refractivity contribution >= 4 is 12.2 Å². The smallest absolute Gasteiger partial charge is 0.410 e. The van der Waals surface area contributed by atoms with E-state index in [1.165, 1.54) is 9.80 Å². The Kier molecular flexibility index (Phi) is 9.58. The van der Waals surface area contributed by atoms with E-state index in [1.807, 2.05) is 0 Å². The van der Waals surface area contributed by atoms with Gasteiger partial charge in [-0.3, -0.25) is 0 Å². The van der Waals surface area contributed by atoms with Crippen LogP contribution in [0.4, 0.5) is 27.2 Å². The fraction of sp³-hybridized carbons (Fsp3) is 0.900. The first-order chi connectivity index (χ1) is 14.4. The molecule has 0 aliphatic carbocycles. The van der Waals surface area contributed by atoms with Crippen molar-refractivity contribution < 1.29 is 36.6 Å². The number of alkyl halides is 4. The van der Waals surface area contributed by atoms with E-state index in [1.54, 1.807) is 41.5 Å². The third kappa shape index (κ3) is 8.97. The van der Waals surface area contributed by atoms with E-state index < -0.39 is 60.2 Å². The Hall–Kier alpha value is -1.82. The SMILES string of the molecule is CC(C)(C)OC(=O)N1C[C@@H](N)[C@H](C(F)F)C1.CC(C)(C)OC(=O)N1C[C@H](C(F)F)[C@@H](N)C1. The van der Waals surface area contributed by atoms with Crippen molar-refractivity contribution in [2.45, 2.75) is 77.7 Å². The molecule has 2 heterocycles. The van der Waals surface area contributed by atoms with Crippen molar-refractivity contribution in [1.82, 2.24) is 9.80 Å². The summed E-state index contributed by atoms with van der Waals surface area (Å²) in [6, 6.07) is -1.35. The molecule has 8 nitrogen and oxygen atoms in total. The lowest BCUT2D eigenvalue weighted by Crippen LogP contribution is -2.36. The summed E-state index contributed by atoms with van der Waals surface area (Å²) in [7, 11) is 0. The fourth-order valence-electron chi connectivity index (χ4n) is 3.19. The minimum Gasteiger partial charge on any atom is -0.444 e. The maximum atomic E-state index is 12.5. The molecule has 32 heavy (non-hydrogen) atoms. The number of likely N-dealkylation sites (tertiary alicyclic amines) is 2. The van der Waals surface area contributed by atoms with Crippen LogP contribution >= 0.6 is 0 Å². The average molecular weight is 473 g/mol. The molecule has 0 bridgehead atoms. The number of hydrogen-bond donors (Lipinski definition) is 2. The lowest BCUT2D eigenvalue weighted by atomic mass is 10.1. The summed E-state index contributed by atoms with van der Waals surface area (Å²) in [4.78, 5) is 25.6. The lowest BCUT2D eigenvalue weighted by Gasteiger charge is -2.24.